The molecule has 0 saturated carbocycles. The van der Waals surface area contributed by atoms with E-state index in [1.165, 1.54) is 6.07 Å². The van der Waals surface area contributed by atoms with Crippen molar-refractivity contribution >= 4 is 55.5 Å². The molecule has 1 aliphatic rings. The van der Waals surface area contributed by atoms with Crippen LogP contribution in [0, 0.1) is 10.7 Å². The zero-order valence-corrected chi connectivity index (χ0v) is 25.3. The van der Waals surface area contributed by atoms with Crippen molar-refractivity contribution in [3.63, 3.8) is 0 Å². The Morgan fingerprint density at radius 2 is 1.93 bits per heavy atom. The maximum atomic E-state index is 12.8. The lowest BCUT2D eigenvalue weighted by molar-refractivity contribution is 0.0630. The van der Waals surface area contributed by atoms with Crippen molar-refractivity contribution in [1.82, 2.24) is 14.9 Å². The molecule has 212 valence electrons. The minimum Gasteiger partial charge on any atom is -0.507 e. The molecule has 2 atom stereocenters. The molecule has 6 rings (SSSR count). The number of hydrogen-bond donors (Lipinski definition) is 3. The zero-order chi connectivity index (χ0) is 29.3. The van der Waals surface area contributed by atoms with Gasteiger partial charge in [0, 0.05) is 48.1 Å². The fraction of sp³-hybridized carbons (Fsp3) is 0.241. The van der Waals surface area contributed by atoms with E-state index in [-0.39, 0.29) is 28.2 Å². The molecule has 3 N–H and O–H groups in total. The summed E-state index contributed by atoms with van der Waals surface area (Å²) in [5.74, 6) is -0.767. The molecule has 0 amide bonds. The summed E-state index contributed by atoms with van der Waals surface area (Å²) < 4.78 is 6.95. The van der Waals surface area contributed by atoms with Gasteiger partial charge < -0.3 is 24.6 Å². The summed E-state index contributed by atoms with van der Waals surface area (Å²) in [5, 5.41) is 31.8. The second kappa shape index (κ2) is 12.4. The van der Waals surface area contributed by atoms with Crippen LogP contribution in [0.1, 0.15) is 23.5 Å². The molecule has 0 radical (unpaired) electrons. The van der Waals surface area contributed by atoms with Crippen LogP contribution in [0.2, 0.25) is 5.02 Å². The summed E-state index contributed by atoms with van der Waals surface area (Å²) >= 11 is 11.4. The molecule has 0 bridgehead atoms. The van der Waals surface area contributed by atoms with Gasteiger partial charge in [0.25, 0.3) is 0 Å². The first-order valence-corrected chi connectivity index (χ1v) is 15.6. The van der Waals surface area contributed by atoms with Crippen molar-refractivity contribution < 1.29 is 19.7 Å². The highest BCUT2D eigenvalue weighted by Crippen LogP contribution is 2.43. The van der Waals surface area contributed by atoms with Gasteiger partial charge >= 0.3 is 0 Å². The highest BCUT2D eigenvalue weighted by molar-refractivity contribution is 7.80. The van der Waals surface area contributed by atoms with Gasteiger partial charge in [-0.2, -0.15) is 0 Å². The van der Waals surface area contributed by atoms with E-state index in [4.69, 9.17) is 28.2 Å². The van der Waals surface area contributed by atoms with Crippen molar-refractivity contribution in [2.75, 3.05) is 20.1 Å². The molecular formula is C29H26ClN3O5S3. The van der Waals surface area contributed by atoms with Crippen LogP contribution in [0.4, 0.5) is 0 Å². The van der Waals surface area contributed by atoms with Crippen LogP contribution < -0.4 is 5.43 Å². The van der Waals surface area contributed by atoms with E-state index >= 15 is 0 Å². The quantitative estimate of drug-likeness (QED) is 0.150. The predicted molar refractivity (Wildman–Crippen MR) is 166 cm³/mol. The van der Waals surface area contributed by atoms with Crippen LogP contribution in [-0.4, -0.2) is 56.4 Å². The highest BCUT2D eigenvalue weighted by Gasteiger charge is 2.33. The Hall–Kier alpha value is -3.19. The minimum atomic E-state index is -0.744. The molecule has 12 heteroatoms. The molecule has 1 saturated heterocycles. The van der Waals surface area contributed by atoms with Crippen LogP contribution in [0.3, 0.4) is 0 Å². The molecule has 41 heavy (non-hydrogen) atoms. The van der Waals surface area contributed by atoms with Crippen LogP contribution in [-0.2, 0) is 0 Å². The molecular weight excluding hydrogens is 602 g/mol. The molecule has 5 aromatic rings. The molecule has 0 unspecified atom stereocenters. The van der Waals surface area contributed by atoms with E-state index in [1.54, 1.807) is 63.5 Å². The van der Waals surface area contributed by atoms with Crippen molar-refractivity contribution in [3.8, 4) is 33.4 Å². The predicted octanol–water partition coefficient (Wildman–Crippen LogP) is 6.61. The van der Waals surface area contributed by atoms with Crippen LogP contribution in [0.25, 0.3) is 32.9 Å². The van der Waals surface area contributed by atoms with Crippen molar-refractivity contribution in [2.45, 2.75) is 25.4 Å². The number of nitrogens with zero attached hydrogens (tertiary/aromatic N) is 3. The fourth-order valence-corrected chi connectivity index (χ4v) is 7.90. The zero-order valence-electron chi connectivity index (χ0n) is 22.1. The van der Waals surface area contributed by atoms with Crippen LogP contribution in [0.15, 0.2) is 64.2 Å². The molecule has 8 nitrogen and oxygen atoms in total. The Morgan fingerprint density at radius 1 is 1.15 bits per heavy atom. The first-order chi connectivity index (χ1) is 19.7. The third kappa shape index (κ3) is 6.06. The van der Waals surface area contributed by atoms with Gasteiger partial charge in [0.1, 0.15) is 32.1 Å². The SMILES string of the molecule is CN1CC[C@@H](c2c(O)cc(O)c3c(=O)cc(-c4ccccc4Cl)oc23)[C@@H](O)C1.Cc1c(-c2cnccn2)ssc1=S. The Kier molecular flexibility index (Phi) is 8.83. The van der Waals surface area contributed by atoms with Gasteiger partial charge in [-0.15, -0.1) is 0 Å². The van der Waals surface area contributed by atoms with E-state index in [2.05, 4.69) is 9.97 Å². The van der Waals surface area contributed by atoms with Crippen LogP contribution >= 0.6 is 44.5 Å². The molecule has 2 aromatic carbocycles. The number of aliphatic hydroxyl groups excluding tert-OH is 1. The van der Waals surface area contributed by atoms with Gasteiger partial charge in [0.05, 0.1) is 27.9 Å². The molecule has 3 aromatic heterocycles. The fourth-order valence-electron chi connectivity index (χ4n) is 4.85. The summed E-state index contributed by atoms with van der Waals surface area (Å²) in [5.41, 5.74) is 2.55. The summed E-state index contributed by atoms with van der Waals surface area (Å²) in [7, 11) is 5.19. The van der Waals surface area contributed by atoms with E-state index in [0.717, 1.165) is 32.6 Å². The summed E-state index contributed by atoms with van der Waals surface area (Å²) in [6.45, 7) is 3.18. The standard InChI is InChI=1S/C21H20ClNO5.C8H6N2S3/c1-23-7-6-12(17(27)10-23)19-14(24)8-15(25)20-16(26)9-18(28-21(19)20)11-4-2-3-5-13(11)22;1-5-7(12-13-8(5)11)6-4-9-2-3-10-6/h2-5,8-9,12,17,24-25,27H,6-7,10H2,1H3;2-4H,1H3/t12-,17+;/m1./s1. The lowest BCUT2D eigenvalue weighted by atomic mass is 9.85. The average molecular weight is 628 g/mol. The maximum absolute atomic E-state index is 12.8. The van der Waals surface area contributed by atoms with Gasteiger partial charge in [-0.1, -0.05) is 56.6 Å². The first-order valence-electron chi connectivity index (χ1n) is 12.7. The number of likely N-dealkylation sites (N-methyl/N-ethyl adjacent to an activating group) is 1. The van der Waals surface area contributed by atoms with Crippen molar-refractivity contribution in [3.05, 3.63) is 85.2 Å². The Labute approximate surface area is 253 Å². The lowest BCUT2D eigenvalue weighted by Crippen LogP contribution is -2.40. The van der Waals surface area contributed by atoms with E-state index in [0.29, 0.717) is 29.1 Å². The third-order valence-corrected chi connectivity index (χ3v) is 10.6. The average Bonchev–Trinajstić information content (AvgIpc) is 3.28. The lowest BCUT2D eigenvalue weighted by Gasteiger charge is -2.34. The molecule has 0 aliphatic carbocycles. The summed E-state index contributed by atoms with van der Waals surface area (Å²) in [6, 6.07) is 9.35. The van der Waals surface area contributed by atoms with E-state index < -0.39 is 17.5 Å². The highest BCUT2D eigenvalue weighted by atomic mass is 35.5. The summed E-state index contributed by atoms with van der Waals surface area (Å²) in [4.78, 5) is 24.2. The topological polar surface area (TPSA) is 120 Å². The number of aromatic nitrogens is 2. The second-order valence-electron chi connectivity index (χ2n) is 9.71. The summed E-state index contributed by atoms with van der Waals surface area (Å²) in [6.07, 6.45) is 4.96. The smallest absolute Gasteiger partial charge is 0.197 e. The number of aromatic hydroxyl groups is 2. The number of likely N-dealkylation sites (tertiary alicyclic amines) is 1. The van der Waals surface area contributed by atoms with E-state index in [1.807, 2.05) is 18.9 Å². The number of aliphatic hydroxyl groups is 1. The van der Waals surface area contributed by atoms with Gasteiger partial charge in [-0.25, -0.2) is 0 Å². The molecule has 0 spiro atoms. The van der Waals surface area contributed by atoms with Gasteiger partial charge in [-0.05, 0) is 44.6 Å². The minimum absolute atomic E-state index is 0.0188. The maximum Gasteiger partial charge on any atom is 0.197 e. The number of fused-ring (bicyclic) bond motifs is 1. The van der Waals surface area contributed by atoms with Gasteiger partial charge in [0.15, 0.2) is 5.43 Å². The number of halogens is 1. The number of phenols is 2. The number of rotatable bonds is 3. The Bertz CT molecular complexity index is 1820. The van der Waals surface area contributed by atoms with Crippen LogP contribution in [0.5, 0.6) is 11.5 Å². The van der Waals surface area contributed by atoms with Gasteiger partial charge in [-0.3, -0.25) is 14.8 Å². The Balaban J connectivity index is 0.000000216. The largest absolute Gasteiger partial charge is 0.507 e. The van der Waals surface area contributed by atoms with Crippen molar-refractivity contribution in [2.24, 2.45) is 0 Å². The first kappa shape index (κ1) is 29.3. The normalized spacial score (nSPS) is 17.3. The number of β-amino-alcohol motifs (C(OH)–C–C–N with tert-alkyl or cyclic N) is 1. The molecule has 1 aliphatic heterocycles. The Morgan fingerprint density at radius 3 is 2.59 bits per heavy atom. The number of piperidine rings is 1. The second-order valence-corrected chi connectivity index (χ2v) is 12.9. The van der Waals surface area contributed by atoms with Gasteiger partial charge in [0.2, 0.25) is 0 Å². The number of benzene rings is 2. The molecule has 4 heterocycles. The van der Waals surface area contributed by atoms with Crippen molar-refractivity contribution in [1.29, 1.82) is 0 Å². The monoisotopic (exact) mass is 627 g/mol. The third-order valence-electron chi connectivity index (χ3n) is 6.94. The van der Waals surface area contributed by atoms with E-state index in [9.17, 15) is 20.1 Å². The number of phenolic OH excluding ortho intramolecular Hbond substituents is 2. The number of hydrogen-bond acceptors (Lipinski definition) is 11. The molecule has 1 fully saturated rings.